The standard InChI is InChI=1S/C38H45FN4O4/c1-25(40)29-11-8-12-31(22-29)36(46)43(5)34(21-27-13-16-28-9-6-7-10-30(28)19-27)37(47)42(4)33(20-26-14-17-32(39)18-15-26)35(45)41-23-38(2,3)24-44/h6-19,22,25,33-34,44H,20-21,23-24,40H2,1-5H3,(H,41,45)/t25?,33-,34-/m1/s1. The van der Waals surface area contributed by atoms with Crippen LogP contribution in [-0.2, 0) is 22.4 Å². The van der Waals surface area contributed by atoms with Crippen molar-refractivity contribution in [2.24, 2.45) is 11.1 Å². The van der Waals surface area contributed by atoms with E-state index in [0.29, 0.717) is 11.1 Å². The van der Waals surface area contributed by atoms with Gasteiger partial charge in [-0.05, 0) is 58.7 Å². The first-order valence-corrected chi connectivity index (χ1v) is 15.8. The summed E-state index contributed by atoms with van der Waals surface area (Å²) in [5, 5.41) is 14.7. The first kappa shape index (κ1) is 35.3. The van der Waals surface area contributed by atoms with Crippen LogP contribution >= 0.6 is 0 Å². The molecule has 0 heterocycles. The van der Waals surface area contributed by atoms with E-state index >= 15 is 0 Å². The molecule has 0 aliphatic rings. The number of fused-ring (bicyclic) bond motifs is 1. The zero-order valence-corrected chi connectivity index (χ0v) is 27.7. The second-order valence-electron chi connectivity index (χ2n) is 13.1. The number of halogens is 1. The Hall–Kier alpha value is -4.60. The Kier molecular flexibility index (Phi) is 11.5. The van der Waals surface area contributed by atoms with Gasteiger partial charge in [-0.25, -0.2) is 4.39 Å². The fourth-order valence-electron chi connectivity index (χ4n) is 5.42. The molecule has 0 aromatic heterocycles. The molecule has 3 amide bonds. The van der Waals surface area contributed by atoms with Crippen LogP contribution in [0.4, 0.5) is 4.39 Å². The van der Waals surface area contributed by atoms with Gasteiger partial charge in [0.15, 0.2) is 0 Å². The lowest BCUT2D eigenvalue weighted by Gasteiger charge is -2.35. The number of aliphatic hydroxyl groups excluding tert-OH is 1. The summed E-state index contributed by atoms with van der Waals surface area (Å²) >= 11 is 0. The highest BCUT2D eigenvalue weighted by Crippen LogP contribution is 2.22. The number of aliphatic hydroxyl groups is 1. The number of benzene rings is 4. The van der Waals surface area contributed by atoms with Crippen LogP contribution in [0.1, 0.15) is 53.9 Å². The quantitative estimate of drug-likeness (QED) is 0.193. The van der Waals surface area contributed by atoms with Crippen molar-refractivity contribution < 1.29 is 23.9 Å². The van der Waals surface area contributed by atoms with Crippen LogP contribution in [0, 0.1) is 11.2 Å². The SMILES string of the molecule is CC(N)c1cccc(C(=O)N(C)[C@H](Cc2ccc3ccccc3c2)C(=O)N(C)[C@H](Cc2ccc(F)cc2)C(=O)NCC(C)(C)CO)c1. The predicted octanol–water partition coefficient (Wildman–Crippen LogP) is 4.89. The van der Waals surface area contributed by atoms with Gasteiger partial charge >= 0.3 is 0 Å². The average molecular weight is 641 g/mol. The molecule has 8 nitrogen and oxygen atoms in total. The van der Waals surface area contributed by atoms with E-state index in [1.54, 1.807) is 44.4 Å². The topological polar surface area (TPSA) is 116 Å². The molecular weight excluding hydrogens is 595 g/mol. The van der Waals surface area contributed by atoms with Gasteiger partial charge in [-0.3, -0.25) is 14.4 Å². The van der Waals surface area contributed by atoms with Gasteiger partial charge in [-0.2, -0.15) is 0 Å². The van der Waals surface area contributed by atoms with Crippen molar-refractivity contribution in [1.29, 1.82) is 0 Å². The van der Waals surface area contributed by atoms with E-state index in [1.807, 2.05) is 69.3 Å². The van der Waals surface area contributed by atoms with Crippen LogP contribution in [0.3, 0.4) is 0 Å². The highest BCUT2D eigenvalue weighted by Gasteiger charge is 2.36. The summed E-state index contributed by atoms with van der Waals surface area (Å²) in [6, 6.07) is 24.4. The number of rotatable bonds is 13. The Labute approximate surface area is 276 Å². The van der Waals surface area contributed by atoms with Gasteiger partial charge in [0.1, 0.15) is 17.9 Å². The number of hydrogen-bond donors (Lipinski definition) is 3. The number of nitrogens with zero attached hydrogens (tertiary/aromatic N) is 2. The molecule has 0 saturated heterocycles. The van der Waals surface area contributed by atoms with Crippen LogP contribution in [0.5, 0.6) is 0 Å². The number of amides is 3. The van der Waals surface area contributed by atoms with Gasteiger partial charge in [0.05, 0.1) is 0 Å². The van der Waals surface area contributed by atoms with Gasteiger partial charge < -0.3 is 26.0 Å². The number of nitrogens with two attached hydrogens (primary N) is 1. The van der Waals surface area contributed by atoms with E-state index in [0.717, 1.165) is 21.9 Å². The lowest BCUT2D eigenvalue weighted by molar-refractivity contribution is -0.142. The maximum absolute atomic E-state index is 14.5. The third kappa shape index (κ3) is 9.02. The van der Waals surface area contributed by atoms with Gasteiger partial charge in [-0.1, -0.05) is 80.6 Å². The zero-order chi connectivity index (χ0) is 34.3. The number of likely N-dealkylation sites (N-methyl/N-ethyl adjacent to an activating group) is 2. The molecule has 0 spiro atoms. The summed E-state index contributed by atoms with van der Waals surface area (Å²) in [6.45, 7) is 5.51. The van der Waals surface area contributed by atoms with Crippen molar-refractivity contribution in [3.8, 4) is 0 Å². The van der Waals surface area contributed by atoms with Crippen LogP contribution < -0.4 is 11.1 Å². The molecule has 0 bridgehead atoms. The molecule has 248 valence electrons. The third-order valence-electron chi connectivity index (χ3n) is 8.60. The van der Waals surface area contributed by atoms with E-state index < -0.39 is 35.1 Å². The number of hydrogen-bond acceptors (Lipinski definition) is 5. The van der Waals surface area contributed by atoms with Gasteiger partial charge in [-0.15, -0.1) is 0 Å². The second kappa shape index (κ2) is 15.3. The highest BCUT2D eigenvalue weighted by molar-refractivity contribution is 5.98. The Morgan fingerprint density at radius 3 is 2.13 bits per heavy atom. The number of carbonyl (C=O) groups excluding carboxylic acids is 3. The van der Waals surface area contributed by atoms with Crippen molar-refractivity contribution in [2.75, 3.05) is 27.2 Å². The van der Waals surface area contributed by atoms with E-state index in [9.17, 15) is 23.9 Å². The highest BCUT2D eigenvalue weighted by atomic mass is 19.1. The van der Waals surface area contributed by atoms with Crippen LogP contribution in [0.25, 0.3) is 10.8 Å². The summed E-state index contributed by atoms with van der Waals surface area (Å²) in [7, 11) is 3.15. The molecule has 0 aliphatic carbocycles. The molecule has 0 aliphatic heterocycles. The fraction of sp³-hybridized carbons (Fsp3) is 0.342. The van der Waals surface area contributed by atoms with E-state index in [2.05, 4.69) is 5.32 Å². The smallest absolute Gasteiger partial charge is 0.254 e. The largest absolute Gasteiger partial charge is 0.396 e. The molecule has 4 rings (SSSR count). The molecule has 4 N–H and O–H groups in total. The van der Waals surface area contributed by atoms with Crippen molar-refractivity contribution in [1.82, 2.24) is 15.1 Å². The molecule has 0 saturated carbocycles. The number of nitrogens with one attached hydrogen (secondary N) is 1. The number of carbonyl (C=O) groups is 3. The third-order valence-corrected chi connectivity index (χ3v) is 8.60. The van der Waals surface area contributed by atoms with Crippen LogP contribution in [-0.4, -0.2) is 72.0 Å². The molecule has 4 aromatic rings. The first-order chi connectivity index (χ1) is 22.3. The molecule has 3 atom stereocenters. The molecule has 0 fully saturated rings. The summed E-state index contributed by atoms with van der Waals surface area (Å²) in [4.78, 5) is 45.0. The van der Waals surface area contributed by atoms with Crippen molar-refractivity contribution >= 4 is 28.5 Å². The molecule has 0 radical (unpaired) electrons. The summed E-state index contributed by atoms with van der Waals surface area (Å²) in [6.07, 6.45) is 0.316. The van der Waals surface area contributed by atoms with Crippen molar-refractivity contribution in [3.05, 3.63) is 119 Å². The van der Waals surface area contributed by atoms with E-state index in [4.69, 9.17) is 5.73 Å². The lowest BCUT2D eigenvalue weighted by Crippen LogP contribution is -2.56. The van der Waals surface area contributed by atoms with Crippen LogP contribution in [0.2, 0.25) is 0 Å². The summed E-state index contributed by atoms with van der Waals surface area (Å²) < 4.78 is 13.7. The maximum atomic E-state index is 14.5. The Morgan fingerprint density at radius 1 is 0.830 bits per heavy atom. The normalized spacial score (nSPS) is 13.4. The van der Waals surface area contributed by atoms with E-state index in [-0.39, 0.29) is 37.9 Å². The molecule has 47 heavy (non-hydrogen) atoms. The van der Waals surface area contributed by atoms with Crippen LogP contribution in [0.15, 0.2) is 91.0 Å². The Balaban J connectivity index is 1.71. The zero-order valence-electron chi connectivity index (χ0n) is 27.7. The van der Waals surface area contributed by atoms with Gasteiger partial charge in [0.25, 0.3) is 5.91 Å². The van der Waals surface area contributed by atoms with Crippen molar-refractivity contribution in [2.45, 2.75) is 51.7 Å². The minimum absolute atomic E-state index is 0.116. The Bertz CT molecular complexity index is 1710. The van der Waals surface area contributed by atoms with Crippen molar-refractivity contribution in [3.63, 3.8) is 0 Å². The molecular formula is C38H45FN4O4. The molecule has 1 unspecified atom stereocenters. The molecule has 9 heteroatoms. The molecule has 4 aromatic carbocycles. The minimum Gasteiger partial charge on any atom is -0.396 e. The first-order valence-electron chi connectivity index (χ1n) is 15.8. The minimum atomic E-state index is -0.980. The second-order valence-corrected chi connectivity index (χ2v) is 13.1. The summed E-state index contributed by atoms with van der Waals surface area (Å²) in [5.74, 6) is -1.62. The van der Waals surface area contributed by atoms with Gasteiger partial charge in [0, 0.05) is 57.1 Å². The monoisotopic (exact) mass is 640 g/mol. The maximum Gasteiger partial charge on any atom is 0.254 e. The Morgan fingerprint density at radius 2 is 1.47 bits per heavy atom. The van der Waals surface area contributed by atoms with Gasteiger partial charge in [0.2, 0.25) is 11.8 Å². The predicted molar refractivity (Wildman–Crippen MR) is 183 cm³/mol. The average Bonchev–Trinajstić information content (AvgIpc) is 3.08. The summed E-state index contributed by atoms with van der Waals surface area (Å²) in [5.41, 5.74) is 8.21. The van der Waals surface area contributed by atoms with E-state index in [1.165, 1.54) is 21.9 Å². The fourth-order valence-corrected chi connectivity index (χ4v) is 5.42. The lowest BCUT2D eigenvalue weighted by atomic mass is 9.94.